The molecule has 1 saturated carbocycles. The first kappa shape index (κ1) is 13.8. The Morgan fingerprint density at radius 1 is 1.28 bits per heavy atom. The molecular formula is C15H25FN2. The van der Waals surface area contributed by atoms with Gasteiger partial charge in [-0.1, -0.05) is 20.8 Å². The number of likely N-dealkylation sites (tertiary alicyclic amines) is 1. The summed E-state index contributed by atoms with van der Waals surface area (Å²) in [4.78, 5) is 2.28. The van der Waals surface area contributed by atoms with Gasteiger partial charge in [-0.05, 0) is 36.5 Å². The smallest absolute Gasteiger partial charge is 0.125 e. The predicted octanol–water partition coefficient (Wildman–Crippen LogP) is 3.53. The lowest BCUT2D eigenvalue weighted by molar-refractivity contribution is -0.0322. The molecule has 3 heteroatoms. The van der Waals surface area contributed by atoms with E-state index in [0.717, 1.165) is 25.7 Å². The molecule has 0 aromatic rings. The Labute approximate surface area is 110 Å². The van der Waals surface area contributed by atoms with Crippen LogP contribution in [0.25, 0.3) is 0 Å². The van der Waals surface area contributed by atoms with E-state index < -0.39 is 6.17 Å². The minimum absolute atomic E-state index is 0.165. The molecule has 0 bridgehead atoms. The molecule has 0 aromatic carbocycles. The van der Waals surface area contributed by atoms with Crippen molar-refractivity contribution in [2.75, 3.05) is 13.1 Å². The van der Waals surface area contributed by atoms with Crippen LogP contribution in [0.5, 0.6) is 0 Å². The third kappa shape index (κ3) is 2.40. The molecular weight excluding hydrogens is 227 g/mol. The summed E-state index contributed by atoms with van der Waals surface area (Å²) in [6.07, 6.45) is 4.55. The van der Waals surface area contributed by atoms with Gasteiger partial charge in [0.05, 0.1) is 6.07 Å². The van der Waals surface area contributed by atoms with Gasteiger partial charge in [0.2, 0.25) is 0 Å². The lowest BCUT2D eigenvalue weighted by Gasteiger charge is -2.51. The van der Waals surface area contributed by atoms with Gasteiger partial charge in [0.1, 0.15) is 6.17 Å². The second-order valence-electron chi connectivity index (χ2n) is 7.15. The van der Waals surface area contributed by atoms with Crippen LogP contribution in [0.4, 0.5) is 4.39 Å². The molecule has 1 aliphatic carbocycles. The zero-order valence-electron chi connectivity index (χ0n) is 11.9. The van der Waals surface area contributed by atoms with E-state index in [4.69, 9.17) is 5.26 Å². The van der Waals surface area contributed by atoms with Crippen molar-refractivity contribution in [1.29, 1.82) is 5.26 Å². The van der Waals surface area contributed by atoms with E-state index in [9.17, 15) is 4.39 Å². The van der Waals surface area contributed by atoms with Crippen LogP contribution in [-0.2, 0) is 0 Å². The van der Waals surface area contributed by atoms with Crippen LogP contribution in [0.1, 0.15) is 52.9 Å². The number of nitriles is 1. The Hall–Kier alpha value is -0.620. The van der Waals surface area contributed by atoms with Crippen molar-refractivity contribution in [3.05, 3.63) is 0 Å². The summed E-state index contributed by atoms with van der Waals surface area (Å²) in [6, 6.07) is 2.95. The molecule has 0 radical (unpaired) electrons. The molecule has 2 nitrogen and oxygen atoms in total. The number of nitrogens with zero attached hydrogens (tertiary/aromatic N) is 2. The molecule has 0 spiro atoms. The van der Waals surface area contributed by atoms with Gasteiger partial charge in [-0.3, -0.25) is 4.90 Å². The molecule has 1 aliphatic heterocycles. The summed E-state index contributed by atoms with van der Waals surface area (Å²) in [7, 11) is 0. The standard InChI is InChI=1S/C15H25FN2/c1-14(2,3)15(8-9-17)6-4-13(5-7-15)18-10-12(16)11-18/h12-13H,4-8,10-11H2,1-3H3. The van der Waals surface area contributed by atoms with Crippen LogP contribution in [-0.4, -0.2) is 30.2 Å². The Bertz CT molecular complexity index is 325. The highest BCUT2D eigenvalue weighted by molar-refractivity contribution is 5.01. The summed E-state index contributed by atoms with van der Waals surface area (Å²) in [5.41, 5.74) is 0.351. The van der Waals surface area contributed by atoms with Crippen molar-refractivity contribution < 1.29 is 4.39 Å². The van der Waals surface area contributed by atoms with Crippen LogP contribution in [0.2, 0.25) is 0 Å². The first-order chi connectivity index (χ1) is 8.38. The van der Waals surface area contributed by atoms with Gasteiger partial charge in [-0.2, -0.15) is 5.26 Å². The zero-order chi connectivity index (χ0) is 13.4. The third-order valence-corrected chi connectivity index (χ3v) is 5.30. The van der Waals surface area contributed by atoms with Crippen molar-refractivity contribution >= 4 is 0 Å². The Morgan fingerprint density at radius 2 is 1.83 bits per heavy atom. The number of rotatable bonds is 2. The van der Waals surface area contributed by atoms with Crippen LogP contribution in [0.15, 0.2) is 0 Å². The third-order valence-electron chi connectivity index (χ3n) is 5.30. The van der Waals surface area contributed by atoms with E-state index in [0.29, 0.717) is 25.6 Å². The van der Waals surface area contributed by atoms with Gasteiger partial charge in [-0.15, -0.1) is 0 Å². The maximum absolute atomic E-state index is 12.9. The van der Waals surface area contributed by atoms with Gasteiger partial charge < -0.3 is 0 Å². The van der Waals surface area contributed by atoms with Crippen molar-refractivity contribution in [3.8, 4) is 6.07 Å². The first-order valence-corrected chi connectivity index (χ1v) is 7.13. The summed E-state index contributed by atoms with van der Waals surface area (Å²) >= 11 is 0. The van der Waals surface area contributed by atoms with E-state index in [1.807, 2.05) is 0 Å². The van der Waals surface area contributed by atoms with E-state index in [2.05, 4.69) is 31.7 Å². The number of halogens is 1. The summed E-state index contributed by atoms with van der Waals surface area (Å²) < 4.78 is 12.9. The van der Waals surface area contributed by atoms with Crippen LogP contribution in [0, 0.1) is 22.2 Å². The quantitative estimate of drug-likeness (QED) is 0.751. The van der Waals surface area contributed by atoms with Gasteiger partial charge in [-0.25, -0.2) is 4.39 Å². The molecule has 1 heterocycles. The van der Waals surface area contributed by atoms with E-state index in [-0.39, 0.29) is 10.8 Å². The predicted molar refractivity (Wildman–Crippen MR) is 70.8 cm³/mol. The molecule has 0 aromatic heterocycles. The highest BCUT2D eigenvalue weighted by Gasteiger charge is 2.46. The fourth-order valence-electron chi connectivity index (χ4n) is 3.62. The normalized spacial score (nSPS) is 34.9. The van der Waals surface area contributed by atoms with Gasteiger partial charge in [0.25, 0.3) is 0 Å². The lowest BCUT2D eigenvalue weighted by atomic mass is 9.57. The molecule has 0 atom stereocenters. The Kier molecular flexibility index (Phi) is 3.69. The van der Waals surface area contributed by atoms with Crippen molar-refractivity contribution in [1.82, 2.24) is 4.90 Å². The molecule has 102 valence electrons. The fourth-order valence-corrected chi connectivity index (χ4v) is 3.62. The molecule has 2 aliphatic rings. The molecule has 0 unspecified atom stereocenters. The average molecular weight is 252 g/mol. The minimum Gasteiger partial charge on any atom is -0.295 e. The van der Waals surface area contributed by atoms with Crippen LogP contribution >= 0.6 is 0 Å². The molecule has 0 amide bonds. The van der Waals surface area contributed by atoms with Gasteiger partial charge >= 0.3 is 0 Å². The first-order valence-electron chi connectivity index (χ1n) is 7.13. The SMILES string of the molecule is CC(C)(C)C1(CC#N)CCC(N2CC(F)C2)CC1. The summed E-state index contributed by atoms with van der Waals surface area (Å²) in [5, 5.41) is 9.10. The molecule has 0 N–H and O–H groups in total. The van der Waals surface area contributed by atoms with Crippen molar-refractivity contribution in [2.45, 2.75) is 65.1 Å². The second-order valence-corrected chi connectivity index (χ2v) is 7.15. The molecule has 1 saturated heterocycles. The lowest BCUT2D eigenvalue weighted by Crippen LogP contribution is -2.55. The molecule has 18 heavy (non-hydrogen) atoms. The zero-order valence-corrected chi connectivity index (χ0v) is 11.9. The van der Waals surface area contributed by atoms with E-state index in [1.54, 1.807) is 0 Å². The fraction of sp³-hybridized carbons (Fsp3) is 0.933. The Balaban J connectivity index is 1.96. The molecule has 2 rings (SSSR count). The highest BCUT2D eigenvalue weighted by Crippen LogP contribution is 2.52. The largest absolute Gasteiger partial charge is 0.295 e. The summed E-state index contributed by atoms with van der Waals surface area (Å²) in [5.74, 6) is 0. The van der Waals surface area contributed by atoms with Crippen LogP contribution in [0.3, 0.4) is 0 Å². The molecule has 2 fully saturated rings. The minimum atomic E-state index is -0.599. The number of alkyl halides is 1. The van der Waals surface area contributed by atoms with Gasteiger partial charge in [0, 0.05) is 25.6 Å². The van der Waals surface area contributed by atoms with Crippen LogP contribution < -0.4 is 0 Å². The van der Waals surface area contributed by atoms with E-state index >= 15 is 0 Å². The van der Waals surface area contributed by atoms with Crippen molar-refractivity contribution in [3.63, 3.8) is 0 Å². The maximum atomic E-state index is 12.9. The van der Waals surface area contributed by atoms with Crippen molar-refractivity contribution in [2.24, 2.45) is 10.8 Å². The monoisotopic (exact) mass is 252 g/mol. The number of hydrogen-bond acceptors (Lipinski definition) is 2. The van der Waals surface area contributed by atoms with Gasteiger partial charge in [0.15, 0.2) is 0 Å². The Morgan fingerprint density at radius 3 is 2.22 bits per heavy atom. The average Bonchev–Trinajstić information content (AvgIpc) is 2.25. The maximum Gasteiger partial charge on any atom is 0.125 e. The number of hydrogen-bond donors (Lipinski definition) is 0. The second kappa shape index (κ2) is 4.81. The highest BCUT2D eigenvalue weighted by atomic mass is 19.1. The summed E-state index contributed by atoms with van der Waals surface area (Å²) in [6.45, 7) is 8.03. The van der Waals surface area contributed by atoms with E-state index in [1.165, 1.54) is 0 Å². The topological polar surface area (TPSA) is 27.0 Å².